The highest BCUT2D eigenvalue weighted by molar-refractivity contribution is 6.00. The number of methoxy groups -OCH3 is 1. The quantitative estimate of drug-likeness (QED) is 0.0567. The average molecular weight is 1190 g/mol. The second-order valence-electron chi connectivity index (χ2n) is 21.8. The van der Waals surface area contributed by atoms with Gasteiger partial charge in [0, 0.05) is 54.6 Å². The molecular weight excluding hydrogens is 1110 g/mol. The van der Waals surface area contributed by atoms with Gasteiger partial charge in [-0.05, 0) is 80.3 Å². The van der Waals surface area contributed by atoms with E-state index in [2.05, 4.69) is 33.3 Å². The lowest BCUT2D eigenvalue weighted by Crippen LogP contribution is -2.61. The van der Waals surface area contributed by atoms with E-state index in [1.54, 1.807) is 18.2 Å². The van der Waals surface area contributed by atoms with Crippen molar-refractivity contribution in [1.82, 2.24) is 36.2 Å². The van der Waals surface area contributed by atoms with Gasteiger partial charge < -0.3 is 91.6 Å². The lowest BCUT2D eigenvalue weighted by atomic mass is 9.86. The monoisotopic (exact) mass is 1190 g/mol. The molecule has 3 saturated heterocycles. The maximum Gasteiger partial charge on any atom is 0.251 e. The van der Waals surface area contributed by atoms with Crippen molar-refractivity contribution in [3.63, 3.8) is 0 Å². The molecular formula is C58H74N8O19. The number of aromatic hydroxyl groups is 1. The van der Waals surface area contributed by atoms with Crippen LogP contribution in [0.25, 0.3) is 22.6 Å². The van der Waals surface area contributed by atoms with Crippen LogP contribution in [0.15, 0.2) is 77.3 Å². The van der Waals surface area contributed by atoms with Gasteiger partial charge in [0.2, 0.25) is 35.4 Å². The summed E-state index contributed by atoms with van der Waals surface area (Å²) in [6.45, 7) is 4.29. The van der Waals surface area contributed by atoms with E-state index in [1.807, 2.05) is 24.3 Å². The molecule has 460 valence electrons. The molecule has 7 rings (SSSR count). The molecule has 0 aliphatic carbocycles. The fourth-order valence-corrected chi connectivity index (χ4v) is 10.6. The Labute approximate surface area is 488 Å². The van der Waals surface area contributed by atoms with E-state index in [0.717, 1.165) is 59.7 Å². The highest BCUT2D eigenvalue weighted by Gasteiger charge is 2.50. The first kappa shape index (κ1) is 64.5. The summed E-state index contributed by atoms with van der Waals surface area (Å²) < 4.78 is 16.5. The molecule has 0 bridgehead atoms. The van der Waals surface area contributed by atoms with Crippen LogP contribution in [-0.4, -0.2) is 197 Å². The number of ether oxygens (including phenoxy) is 2. The van der Waals surface area contributed by atoms with Crippen molar-refractivity contribution in [2.24, 2.45) is 17.6 Å². The number of fused-ring (bicyclic) bond motifs is 2. The van der Waals surface area contributed by atoms with E-state index >= 15 is 0 Å². The Hall–Kier alpha value is -8.05. The third-order valence-electron chi connectivity index (χ3n) is 15.4. The van der Waals surface area contributed by atoms with Crippen LogP contribution in [0.1, 0.15) is 94.2 Å². The second kappa shape index (κ2) is 28.7. The van der Waals surface area contributed by atoms with Crippen LogP contribution in [0.4, 0.5) is 0 Å². The maximum atomic E-state index is 14.7. The van der Waals surface area contributed by atoms with Crippen LogP contribution < -0.4 is 36.5 Å². The molecule has 3 aromatic carbocycles. The lowest BCUT2D eigenvalue weighted by molar-refractivity contribution is -0.150. The zero-order valence-corrected chi connectivity index (χ0v) is 47.3. The van der Waals surface area contributed by atoms with Crippen LogP contribution >= 0.6 is 0 Å². The summed E-state index contributed by atoms with van der Waals surface area (Å²) in [5.41, 5.74) is 6.94. The Morgan fingerprint density at radius 3 is 2.16 bits per heavy atom. The summed E-state index contributed by atoms with van der Waals surface area (Å²) in [6, 6.07) is 8.87. The number of rotatable bonds is 17. The van der Waals surface area contributed by atoms with Crippen molar-refractivity contribution in [2.45, 2.75) is 145 Å². The zero-order chi connectivity index (χ0) is 62.0. The predicted octanol–water partition coefficient (Wildman–Crippen LogP) is -0.955. The number of carbonyl (C=O) groups excluding carboxylic acids is 8. The first-order chi connectivity index (χ1) is 40.4. The number of primary amides is 1. The minimum atomic E-state index is -2.37. The Morgan fingerprint density at radius 1 is 0.824 bits per heavy atom. The summed E-state index contributed by atoms with van der Waals surface area (Å²) in [4.78, 5) is 115. The smallest absolute Gasteiger partial charge is 0.251 e. The Kier molecular flexibility index (Phi) is 21.8. The highest BCUT2D eigenvalue weighted by Crippen LogP contribution is 2.34. The van der Waals surface area contributed by atoms with E-state index in [-0.39, 0.29) is 22.6 Å². The Bertz CT molecular complexity index is 3030. The molecule has 3 aliphatic rings. The van der Waals surface area contributed by atoms with Crippen LogP contribution in [0, 0.1) is 11.8 Å². The lowest BCUT2D eigenvalue weighted by Gasteiger charge is -2.34. The molecule has 3 fully saturated rings. The van der Waals surface area contributed by atoms with Crippen LogP contribution in [0.5, 0.6) is 17.2 Å². The van der Waals surface area contributed by atoms with Crippen molar-refractivity contribution in [2.75, 3.05) is 26.8 Å². The molecule has 85 heavy (non-hydrogen) atoms. The van der Waals surface area contributed by atoms with Gasteiger partial charge in [-0.1, -0.05) is 50.0 Å². The Morgan fingerprint density at radius 2 is 1.51 bits per heavy atom. The topological polar surface area (TPSA) is 424 Å². The van der Waals surface area contributed by atoms with Crippen LogP contribution in [0.3, 0.4) is 0 Å². The molecule has 0 radical (unpaired) electrons. The van der Waals surface area contributed by atoms with Crippen LogP contribution in [-0.2, 0) is 33.6 Å². The fraction of sp³-hybridized carbons (Fsp3) is 0.500. The molecule has 27 nitrogen and oxygen atoms in total. The van der Waals surface area contributed by atoms with Crippen molar-refractivity contribution < 1.29 is 93.2 Å². The van der Waals surface area contributed by atoms with E-state index in [4.69, 9.17) is 19.7 Å². The van der Waals surface area contributed by atoms with E-state index in [1.165, 1.54) is 26.2 Å². The SMILES string of the molecule is CCCCCOc1ccc(-c2cc(-c3ccc(C(=O)NC4CCC(O)NC(=O)C5C(O)C(C)CN5C(=O)C(C(O)CC(N)=O)CC(=O)C(C(O)C(O)c5ccc(O)c(OC)c5)NC(=O)C5CC(O)CN5C(=O)C(C(C)O)NC4=O)cc3)no2)cc1. The summed E-state index contributed by atoms with van der Waals surface area (Å²) in [5, 5.41) is 104. The summed E-state index contributed by atoms with van der Waals surface area (Å²) in [7, 11) is 1.19. The summed E-state index contributed by atoms with van der Waals surface area (Å²) >= 11 is 0. The number of benzene rings is 3. The maximum absolute atomic E-state index is 14.7. The van der Waals surface area contributed by atoms with Gasteiger partial charge >= 0.3 is 0 Å². The number of aliphatic hydroxyl groups is 7. The summed E-state index contributed by atoms with van der Waals surface area (Å²) in [6.07, 6.45) is -13.9. The number of hydrogen-bond acceptors (Lipinski definition) is 20. The number of Topliss-reactive ketones (excluding diaryl/α,β-unsaturated/α-hetero) is 1. The number of ketones is 1. The summed E-state index contributed by atoms with van der Waals surface area (Å²) in [5.74, 6) is -11.5. The number of nitrogens with two attached hydrogens (primary N) is 1. The van der Waals surface area contributed by atoms with Crippen molar-refractivity contribution in [3.05, 3.63) is 83.9 Å². The standard InChI is InChI=1S/C58H74N8O19/c1-5-6-7-20-84-35-15-12-31(13-16-35)43-24-38(64-85-43)30-8-10-32(11-9-30)53(77)60-37-17-19-46(73)61-56(80)49-50(74)28(2)26-66(49)57(81)36(41(70)25-45(59)72)23-42(71)48(52(76)51(75)33-14-18-40(69)44(21-33)83-4)63-55(79)39-22-34(68)27-65(39)58(82)47(29(3)67)62-54(37)78/h8-16,18,21,24,28-29,34,36-37,39,41,46-52,67-70,73-76H,5-7,17,19-20,22-23,25-27H2,1-4H3,(H2,59,72)(H,60,77)(H,61,80)(H,62,78)(H,63,79). The number of nitrogens with zero attached hydrogens (tertiary/aromatic N) is 3. The average Bonchev–Trinajstić information content (AvgIpc) is 3.63. The third kappa shape index (κ3) is 15.6. The van der Waals surface area contributed by atoms with E-state index in [9.17, 15) is 79.2 Å². The largest absolute Gasteiger partial charge is 0.504 e. The van der Waals surface area contributed by atoms with E-state index < -0.39 is 177 Å². The molecule has 27 heteroatoms. The first-order valence-corrected chi connectivity index (χ1v) is 28.0. The number of nitrogens with one attached hydrogen (secondary N) is 4. The molecule has 4 heterocycles. The molecule has 7 amide bonds. The second-order valence-corrected chi connectivity index (χ2v) is 21.8. The number of aromatic nitrogens is 1. The molecule has 3 aliphatic heterocycles. The predicted molar refractivity (Wildman–Crippen MR) is 298 cm³/mol. The number of hydrogen-bond donors (Lipinski definition) is 13. The number of phenolic OH excluding ortho intramolecular Hbond substituents is 1. The van der Waals surface area contributed by atoms with Crippen molar-refractivity contribution >= 4 is 47.1 Å². The molecule has 4 aromatic rings. The number of aliphatic hydroxyl groups excluding tert-OH is 7. The van der Waals surface area contributed by atoms with Gasteiger partial charge in [0.1, 0.15) is 60.1 Å². The highest BCUT2D eigenvalue weighted by atomic mass is 16.5. The van der Waals surface area contributed by atoms with Gasteiger partial charge in [0.25, 0.3) is 5.91 Å². The minimum Gasteiger partial charge on any atom is -0.504 e. The van der Waals surface area contributed by atoms with Crippen molar-refractivity contribution in [1.29, 1.82) is 0 Å². The normalized spacial score (nSPS) is 26.2. The number of phenols is 1. The third-order valence-corrected chi connectivity index (χ3v) is 15.4. The molecule has 0 spiro atoms. The molecule has 0 saturated carbocycles. The zero-order valence-electron chi connectivity index (χ0n) is 47.3. The molecule has 1 aromatic heterocycles. The minimum absolute atomic E-state index is 0.0135. The van der Waals surface area contributed by atoms with Gasteiger partial charge in [-0.2, -0.15) is 0 Å². The molecule has 14 unspecified atom stereocenters. The van der Waals surface area contributed by atoms with Gasteiger partial charge in [-0.3, -0.25) is 38.4 Å². The number of unbranched alkanes of at least 4 members (excludes halogenated alkanes) is 2. The number of amides is 7. The van der Waals surface area contributed by atoms with Crippen LogP contribution in [0.2, 0.25) is 0 Å². The van der Waals surface area contributed by atoms with Crippen molar-refractivity contribution in [3.8, 4) is 39.8 Å². The molecule has 14 atom stereocenters. The van der Waals surface area contributed by atoms with E-state index in [0.29, 0.717) is 29.4 Å². The van der Waals surface area contributed by atoms with Gasteiger partial charge in [-0.25, -0.2) is 0 Å². The molecule has 14 N–H and O–H groups in total. The van der Waals surface area contributed by atoms with Gasteiger partial charge in [0.05, 0.1) is 50.5 Å². The first-order valence-electron chi connectivity index (χ1n) is 28.0. The van der Waals surface area contributed by atoms with Gasteiger partial charge in [0.15, 0.2) is 23.0 Å². The van der Waals surface area contributed by atoms with Gasteiger partial charge in [-0.15, -0.1) is 0 Å². The fourth-order valence-electron chi connectivity index (χ4n) is 10.6. The number of carbonyl (C=O) groups is 8. The Balaban J connectivity index is 1.20.